The van der Waals surface area contributed by atoms with Crippen LogP contribution in [0.15, 0.2) is 35.9 Å². The standard InChI is InChI=1S/C29H22BrCl4F3N4O6/c1-39(22-15(31)5-6-18(38-22)29(35,36)37)41-23(43)13-4-3-12-14(19(13)24(41)44)9-27(33)25(45)40(10-30)26(46)28(27,34)20(12)11-7-16(32)21(42)17(8-11)47-2/h3,5-8,13-14,19-20,42H,4,9-10H2,1-2H3. The number of rotatable bonds is 5. The lowest BCUT2D eigenvalue weighted by molar-refractivity contribution is -0.142. The first kappa shape index (κ1) is 34.1. The molecule has 6 rings (SSSR count). The number of alkyl halides is 6. The molecule has 4 amide bonds. The van der Waals surface area contributed by atoms with Gasteiger partial charge < -0.3 is 9.84 Å². The number of hydrazine groups is 1. The van der Waals surface area contributed by atoms with E-state index >= 15 is 0 Å². The fourth-order valence-electron chi connectivity index (χ4n) is 7.23. The van der Waals surface area contributed by atoms with Gasteiger partial charge in [0.05, 0.1) is 34.4 Å². The summed E-state index contributed by atoms with van der Waals surface area (Å²) in [4.78, 5) is 55.9. The number of methoxy groups -OCH3 is 1. The number of imide groups is 2. The minimum atomic E-state index is -4.83. The Morgan fingerprint density at radius 3 is 2.38 bits per heavy atom. The predicted molar refractivity (Wildman–Crippen MR) is 168 cm³/mol. The summed E-state index contributed by atoms with van der Waals surface area (Å²) in [5.41, 5.74) is -0.871. The van der Waals surface area contributed by atoms with Gasteiger partial charge in [-0.1, -0.05) is 50.8 Å². The second-order valence-corrected chi connectivity index (χ2v) is 14.1. The molecular formula is C29H22BrCl4F3N4O6. The number of aromatic hydroxyl groups is 1. The van der Waals surface area contributed by atoms with Gasteiger partial charge in [0.1, 0.15) is 5.69 Å². The second kappa shape index (κ2) is 11.4. The molecule has 2 saturated heterocycles. The SMILES string of the molecule is COc1cc(C2C3=CCC4C(=O)N(N(C)c5nc(C(F)(F)F)ccc5Cl)C(=O)C4C3CC3(Cl)C(=O)N(CBr)C(=O)C23Cl)cc(Cl)c1O. The monoisotopic (exact) mass is 798 g/mol. The Hall–Kier alpha value is -2.78. The predicted octanol–water partition coefficient (Wildman–Crippen LogP) is 5.88. The number of halogens is 8. The normalized spacial score (nSPS) is 30.3. The highest BCUT2D eigenvalue weighted by molar-refractivity contribution is 9.09. The van der Waals surface area contributed by atoms with Crippen LogP contribution < -0.4 is 9.75 Å². The van der Waals surface area contributed by atoms with Crippen LogP contribution in [0.5, 0.6) is 11.5 Å². The number of hydrogen-bond acceptors (Lipinski definition) is 8. The number of phenolic OH excluding ortho intramolecular Hbond substituents is 1. The highest BCUT2D eigenvalue weighted by atomic mass is 79.9. The Bertz CT molecular complexity index is 1800. The van der Waals surface area contributed by atoms with Crippen LogP contribution in [0.25, 0.3) is 0 Å². The summed E-state index contributed by atoms with van der Waals surface area (Å²) >= 11 is 30.0. The molecule has 3 heterocycles. The van der Waals surface area contributed by atoms with Crippen molar-refractivity contribution < 1.29 is 42.2 Å². The summed E-state index contributed by atoms with van der Waals surface area (Å²) in [5.74, 6) is -8.45. The van der Waals surface area contributed by atoms with E-state index in [4.69, 9.17) is 51.1 Å². The van der Waals surface area contributed by atoms with E-state index in [0.29, 0.717) is 16.6 Å². The Morgan fingerprint density at radius 2 is 1.77 bits per heavy atom. The Kier molecular flexibility index (Phi) is 8.27. The lowest BCUT2D eigenvalue weighted by Crippen LogP contribution is -2.60. The average Bonchev–Trinajstić information content (AvgIpc) is 3.35. The number of allylic oxidation sites excluding steroid dienone is 2. The van der Waals surface area contributed by atoms with E-state index in [-0.39, 0.29) is 39.7 Å². The van der Waals surface area contributed by atoms with Crippen molar-refractivity contribution in [2.75, 3.05) is 24.6 Å². The molecule has 18 heteroatoms. The first-order valence-electron chi connectivity index (χ1n) is 13.9. The Labute approximate surface area is 293 Å². The molecule has 1 aromatic carbocycles. The zero-order valence-corrected chi connectivity index (χ0v) is 28.7. The molecule has 3 fully saturated rings. The number of carbonyl (C=O) groups is 4. The van der Waals surface area contributed by atoms with Crippen molar-refractivity contribution in [3.63, 3.8) is 0 Å². The van der Waals surface area contributed by atoms with Crippen molar-refractivity contribution in [3.05, 3.63) is 57.2 Å². The van der Waals surface area contributed by atoms with E-state index in [1.54, 1.807) is 6.08 Å². The molecule has 2 aliphatic carbocycles. The van der Waals surface area contributed by atoms with Gasteiger partial charge >= 0.3 is 6.18 Å². The van der Waals surface area contributed by atoms with Crippen LogP contribution >= 0.6 is 62.3 Å². The largest absolute Gasteiger partial charge is 0.503 e. The van der Waals surface area contributed by atoms with Gasteiger partial charge in [-0.05, 0) is 48.6 Å². The highest BCUT2D eigenvalue weighted by Crippen LogP contribution is 2.66. The lowest BCUT2D eigenvalue weighted by Gasteiger charge is -2.50. The van der Waals surface area contributed by atoms with E-state index in [9.17, 15) is 37.5 Å². The summed E-state index contributed by atoms with van der Waals surface area (Å²) in [6, 6.07) is 4.36. The van der Waals surface area contributed by atoms with Crippen molar-refractivity contribution in [1.29, 1.82) is 0 Å². The molecule has 250 valence electrons. The molecule has 1 N–H and O–H groups in total. The number of likely N-dealkylation sites (tertiary alicyclic amines) is 1. The van der Waals surface area contributed by atoms with Crippen LogP contribution in [0.3, 0.4) is 0 Å². The third-order valence-electron chi connectivity index (χ3n) is 9.32. The number of benzene rings is 1. The molecular weight excluding hydrogens is 779 g/mol. The molecule has 6 unspecified atom stereocenters. The zero-order valence-electron chi connectivity index (χ0n) is 24.1. The molecule has 6 atom stereocenters. The first-order valence-corrected chi connectivity index (χ1v) is 16.5. The number of anilines is 1. The van der Waals surface area contributed by atoms with Crippen molar-refractivity contribution in [2.24, 2.45) is 17.8 Å². The van der Waals surface area contributed by atoms with Gasteiger partial charge in [-0.3, -0.25) is 29.1 Å². The van der Waals surface area contributed by atoms with E-state index in [1.165, 1.54) is 26.3 Å². The lowest BCUT2D eigenvalue weighted by atomic mass is 9.56. The van der Waals surface area contributed by atoms with Crippen LogP contribution in [-0.2, 0) is 25.4 Å². The van der Waals surface area contributed by atoms with Crippen LogP contribution in [0.2, 0.25) is 10.0 Å². The summed E-state index contributed by atoms with van der Waals surface area (Å²) < 4.78 is 45.7. The molecule has 4 aliphatic rings. The van der Waals surface area contributed by atoms with Crippen LogP contribution in [0, 0.1) is 17.8 Å². The van der Waals surface area contributed by atoms with E-state index < -0.39 is 80.5 Å². The van der Waals surface area contributed by atoms with Gasteiger partial charge in [0.25, 0.3) is 23.6 Å². The van der Waals surface area contributed by atoms with Crippen molar-refractivity contribution >= 4 is 91.8 Å². The van der Waals surface area contributed by atoms with E-state index in [1.807, 2.05) is 0 Å². The molecule has 10 nitrogen and oxygen atoms in total. The smallest absolute Gasteiger partial charge is 0.433 e. The number of aromatic nitrogens is 1. The third kappa shape index (κ3) is 4.68. The first-order chi connectivity index (χ1) is 21.9. The maximum absolute atomic E-state index is 14.2. The topological polar surface area (TPSA) is 120 Å². The summed E-state index contributed by atoms with van der Waals surface area (Å²) in [6.07, 6.45) is -3.54. The van der Waals surface area contributed by atoms with Crippen LogP contribution in [0.4, 0.5) is 19.0 Å². The van der Waals surface area contributed by atoms with Crippen LogP contribution in [-0.4, -0.2) is 73.0 Å². The van der Waals surface area contributed by atoms with Crippen LogP contribution in [0.1, 0.15) is 30.0 Å². The number of phenols is 1. The maximum Gasteiger partial charge on any atom is 0.433 e. The van der Waals surface area contributed by atoms with Gasteiger partial charge in [0, 0.05) is 13.0 Å². The second-order valence-electron chi connectivity index (χ2n) is 11.6. The molecule has 0 bridgehead atoms. The number of hydrogen-bond donors (Lipinski definition) is 1. The van der Waals surface area contributed by atoms with Gasteiger partial charge in [-0.25, -0.2) is 4.98 Å². The van der Waals surface area contributed by atoms with E-state index in [0.717, 1.165) is 16.0 Å². The van der Waals surface area contributed by atoms with Crippen molar-refractivity contribution in [2.45, 2.75) is 34.7 Å². The minimum Gasteiger partial charge on any atom is -0.503 e. The summed E-state index contributed by atoms with van der Waals surface area (Å²) in [5, 5.41) is 11.6. The van der Waals surface area contributed by atoms with Gasteiger partial charge in [-0.15, -0.1) is 23.2 Å². The van der Waals surface area contributed by atoms with Crippen molar-refractivity contribution in [1.82, 2.24) is 14.9 Å². The Balaban J connectivity index is 1.49. The number of pyridine rings is 1. The number of fused-ring (bicyclic) bond motifs is 4. The summed E-state index contributed by atoms with van der Waals surface area (Å²) in [6.45, 7) is 0. The third-order valence-corrected chi connectivity index (χ3v) is 11.8. The fraction of sp³-hybridized carbons (Fsp3) is 0.414. The molecule has 1 saturated carbocycles. The number of amides is 4. The van der Waals surface area contributed by atoms with E-state index in [2.05, 4.69) is 20.9 Å². The maximum atomic E-state index is 14.2. The van der Waals surface area contributed by atoms with Gasteiger partial charge in [-0.2, -0.15) is 18.2 Å². The molecule has 2 aromatic rings. The summed E-state index contributed by atoms with van der Waals surface area (Å²) in [7, 11) is 2.46. The number of carbonyl (C=O) groups excluding carboxylic acids is 4. The number of ether oxygens (including phenoxy) is 1. The van der Waals surface area contributed by atoms with Crippen molar-refractivity contribution in [3.8, 4) is 11.5 Å². The highest BCUT2D eigenvalue weighted by Gasteiger charge is 2.76. The fourth-order valence-corrected chi connectivity index (χ4v) is 9.11. The Morgan fingerprint density at radius 1 is 1.09 bits per heavy atom. The molecule has 0 radical (unpaired) electrons. The minimum absolute atomic E-state index is 0.0266. The molecule has 0 spiro atoms. The van der Waals surface area contributed by atoms with Gasteiger partial charge in [0.15, 0.2) is 27.1 Å². The molecule has 2 aliphatic heterocycles. The average molecular weight is 801 g/mol. The molecule has 1 aromatic heterocycles. The zero-order chi connectivity index (χ0) is 34.5. The number of nitrogens with zero attached hydrogens (tertiary/aromatic N) is 4. The quantitative estimate of drug-likeness (QED) is 0.172. The van der Waals surface area contributed by atoms with Gasteiger partial charge in [0.2, 0.25) is 0 Å². The molecule has 47 heavy (non-hydrogen) atoms.